The molecule has 2 heterocycles. The first-order valence-electron chi connectivity index (χ1n) is 11.4. The third kappa shape index (κ3) is 6.22. The van der Waals surface area contributed by atoms with Crippen LogP contribution in [0.1, 0.15) is 39.2 Å². The van der Waals surface area contributed by atoms with Crippen molar-refractivity contribution in [2.75, 3.05) is 39.8 Å². The Morgan fingerprint density at radius 2 is 1.75 bits per heavy atom. The molecule has 1 aromatic carbocycles. The van der Waals surface area contributed by atoms with Gasteiger partial charge in [-0.2, -0.15) is 0 Å². The molecule has 2 aliphatic rings. The minimum atomic E-state index is -0.687. The van der Waals surface area contributed by atoms with Crippen LogP contribution in [0.2, 0.25) is 0 Å². The van der Waals surface area contributed by atoms with Crippen molar-refractivity contribution in [2.45, 2.75) is 52.3 Å². The van der Waals surface area contributed by atoms with Gasteiger partial charge in [-0.1, -0.05) is 51.1 Å². The number of hydrogen-bond acceptors (Lipinski definition) is 5. The second-order valence-electron chi connectivity index (χ2n) is 9.89. The molecule has 3 amide bonds. The molecule has 8 nitrogen and oxygen atoms in total. The molecule has 3 rings (SSSR count). The second-order valence-corrected chi connectivity index (χ2v) is 9.89. The van der Waals surface area contributed by atoms with Crippen LogP contribution in [-0.4, -0.2) is 84.5 Å². The predicted octanol–water partition coefficient (Wildman–Crippen LogP) is 2.09. The Balaban J connectivity index is 1.54. The third-order valence-corrected chi connectivity index (χ3v) is 6.25. The molecule has 2 aliphatic heterocycles. The standard InChI is InChI=1S/C24H36N4O4/c1-24(2,3)21(25-23(31)32-17-18-8-6-5-7-9-18)22(30)27-12-10-19(11-13-27)28-15-14-26(4)16-20(28)29/h5-9,19,21H,10-17H2,1-4H3,(H,25,31)/t21-/m0/s1. The zero-order valence-electron chi connectivity index (χ0n) is 19.7. The van der Waals surface area contributed by atoms with Crippen molar-refractivity contribution in [3.63, 3.8) is 0 Å². The Labute approximate surface area is 190 Å². The number of benzene rings is 1. The second kappa shape index (κ2) is 10.3. The van der Waals surface area contributed by atoms with Gasteiger partial charge in [0.2, 0.25) is 11.8 Å². The Morgan fingerprint density at radius 3 is 2.34 bits per heavy atom. The largest absolute Gasteiger partial charge is 0.445 e. The molecule has 1 N–H and O–H groups in total. The van der Waals surface area contributed by atoms with E-state index in [-0.39, 0.29) is 24.5 Å². The fourth-order valence-electron chi connectivity index (χ4n) is 4.30. The van der Waals surface area contributed by atoms with Crippen LogP contribution < -0.4 is 5.32 Å². The van der Waals surface area contributed by atoms with Crippen molar-refractivity contribution >= 4 is 17.9 Å². The first-order chi connectivity index (χ1) is 15.1. The normalized spacial score (nSPS) is 19.6. The van der Waals surface area contributed by atoms with Gasteiger partial charge in [-0.15, -0.1) is 0 Å². The molecule has 0 radical (unpaired) electrons. The number of piperidine rings is 1. The monoisotopic (exact) mass is 444 g/mol. The van der Waals surface area contributed by atoms with E-state index in [1.807, 2.05) is 72.9 Å². The van der Waals surface area contributed by atoms with Gasteiger partial charge >= 0.3 is 6.09 Å². The SMILES string of the molecule is CN1CCN(C2CCN(C(=O)[C@H](NC(=O)OCc3ccccc3)C(C)(C)C)CC2)C(=O)C1. The summed E-state index contributed by atoms with van der Waals surface area (Å²) < 4.78 is 5.34. The highest BCUT2D eigenvalue weighted by Gasteiger charge is 2.38. The molecule has 0 spiro atoms. The quantitative estimate of drug-likeness (QED) is 0.752. The van der Waals surface area contributed by atoms with Crippen molar-refractivity contribution in [3.8, 4) is 0 Å². The van der Waals surface area contributed by atoms with Crippen LogP contribution >= 0.6 is 0 Å². The third-order valence-electron chi connectivity index (χ3n) is 6.25. The van der Waals surface area contributed by atoms with E-state index in [1.54, 1.807) is 0 Å². The lowest BCUT2D eigenvalue weighted by Crippen LogP contribution is -2.59. The predicted molar refractivity (Wildman–Crippen MR) is 122 cm³/mol. The van der Waals surface area contributed by atoms with E-state index in [4.69, 9.17) is 4.74 Å². The highest BCUT2D eigenvalue weighted by atomic mass is 16.5. The summed E-state index contributed by atoms with van der Waals surface area (Å²) in [6.45, 7) is 9.20. The van der Waals surface area contributed by atoms with E-state index >= 15 is 0 Å². The smallest absolute Gasteiger partial charge is 0.408 e. The van der Waals surface area contributed by atoms with Gasteiger partial charge in [0, 0.05) is 32.2 Å². The molecule has 0 aromatic heterocycles. The summed E-state index contributed by atoms with van der Waals surface area (Å²) in [5.74, 6) is 0.0660. The summed E-state index contributed by atoms with van der Waals surface area (Å²) in [6.07, 6.45) is 0.924. The summed E-state index contributed by atoms with van der Waals surface area (Å²) in [4.78, 5) is 43.9. The molecule has 1 aromatic rings. The van der Waals surface area contributed by atoms with E-state index in [2.05, 4.69) is 5.32 Å². The zero-order valence-corrected chi connectivity index (χ0v) is 19.7. The topological polar surface area (TPSA) is 82.2 Å². The summed E-state index contributed by atoms with van der Waals surface area (Å²) >= 11 is 0. The van der Waals surface area contributed by atoms with Crippen LogP contribution in [0.5, 0.6) is 0 Å². The van der Waals surface area contributed by atoms with E-state index in [9.17, 15) is 14.4 Å². The van der Waals surface area contributed by atoms with E-state index in [0.29, 0.717) is 19.6 Å². The minimum Gasteiger partial charge on any atom is -0.445 e. The average molecular weight is 445 g/mol. The molecule has 32 heavy (non-hydrogen) atoms. The Hall–Kier alpha value is -2.61. The number of nitrogens with one attached hydrogen (secondary N) is 1. The minimum absolute atomic E-state index is 0.0997. The number of hydrogen-bond donors (Lipinski definition) is 1. The lowest BCUT2D eigenvalue weighted by atomic mass is 9.85. The molecule has 0 bridgehead atoms. The summed E-state index contributed by atoms with van der Waals surface area (Å²) in [5, 5.41) is 2.79. The maximum Gasteiger partial charge on any atom is 0.408 e. The van der Waals surface area contributed by atoms with Crippen molar-refractivity contribution in [2.24, 2.45) is 5.41 Å². The maximum absolute atomic E-state index is 13.3. The number of likely N-dealkylation sites (N-methyl/N-ethyl adjacent to an activating group) is 1. The molecular weight excluding hydrogens is 408 g/mol. The number of ether oxygens (including phenoxy) is 1. The van der Waals surface area contributed by atoms with Crippen LogP contribution in [0.15, 0.2) is 30.3 Å². The molecule has 176 valence electrons. The molecule has 0 aliphatic carbocycles. The Bertz CT molecular complexity index is 800. The number of carbonyl (C=O) groups excluding carboxylic acids is 3. The van der Waals surface area contributed by atoms with Crippen LogP contribution in [0.25, 0.3) is 0 Å². The van der Waals surface area contributed by atoms with Crippen molar-refractivity contribution in [1.29, 1.82) is 0 Å². The van der Waals surface area contributed by atoms with Crippen molar-refractivity contribution < 1.29 is 19.1 Å². The molecule has 0 saturated carbocycles. The number of nitrogens with zero attached hydrogens (tertiary/aromatic N) is 3. The lowest BCUT2D eigenvalue weighted by Gasteiger charge is -2.43. The van der Waals surface area contributed by atoms with Gasteiger partial charge in [0.05, 0.1) is 6.54 Å². The molecule has 1 atom stereocenters. The first kappa shape index (κ1) is 24.0. The highest BCUT2D eigenvalue weighted by Crippen LogP contribution is 2.25. The number of carbonyl (C=O) groups is 3. The first-order valence-corrected chi connectivity index (χ1v) is 11.4. The number of amides is 3. The fourth-order valence-corrected chi connectivity index (χ4v) is 4.30. The van der Waals surface area contributed by atoms with Crippen LogP contribution in [0.4, 0.5) is 4.79 Å². The Kier molecular flexibility index (Phi) is 7.77. The summed E-state index contributed by atoms with van der Waals surface area (Å²) in [6, 6.07) is 8.93. The van der Waals surface area contributed by atoms with E-state index < -0.39 is 17.6 Å². The van der Waals surface area contributed by atoms with Gasteiger partial charge in [0.25, 0.3) is 0 Å². The number of likely N-dealkylation sites (tertiary alicyclic amines) is 1. The highest BCUT2D eigenvalue weighted by molar-refractivity contribution is 5.86. The number of piperazine rings is 1. The average Bonchev–Trinajstić information content (AvgIpc) is 2.76. The van der Waals surface area contributed by atoms with E-state index in [1.165, 1.54) is 0 Å². The van der Waals surface area contributed by atoms with Crippen LogP contribution in [0.3, 0.4) is 0 Å². The lowest BCUT2D eigenvalue weighted by molar-refractivity contribution is -0.141. The summed E-state index contributed by atoms with van der Waals surface area (Å²) in [5.41, 5.74) is 0.425. The van der Waals surface area contributed by atoms with Gasteiger partial charge in [-0.25, -0.2) is 4.79 Å². The fraction of sp³-hybridized carbons (Fsp3) is 0.625. The molecule has 2 saturated heterocycles. The molecule has 0 unspecified atom stereocenters. The van der Waals surface area contributed by atoms with Crippen molar-refractivity contribution in [1.82, 2.24) is 20.0 Å². The maximum atomic E-state index is 13.3. The van der Waals surface area contributed by atoms with Crippen LogP contribution in [0, 0.1) is 5.41 Å². The van der Waals surface area contributed by atoms with Gasteiger partial charge < -0.3 is 19.9 Å². The van der Waals surface area contributed by atoms with Gasteiger partial charge in [-0.3, -0.25) is 14.5 Å². The van der Waals surface area contributed by atoms with E-state index in [0.717, 1.165) is 31.5 Å². The van der Waals surface area contributed by atoms with Crippen LogP contribution in [-0.2, 0) is 20.9 Å². The van der Waals surface area contributed by atoms with Gasteiger partial charge in [0.15, 0.2) is 0 Å². The van der Waals surface area contributed by atoms with Gasteiger partial charge in [0.1, 0.15) is 12.6 Å². The molecule has 2 fully saturated rings. The number of alkyl carbamates (subject to hydrolysis) is 1. The summed E-state index contributed by atoms with van der Waals surface area (Å²) in [7, 11) is 1.96. The van der Waals surface area contributed by atoms with Gasteiger partial charge in [-0.05, 0) is 30.9 Å². The zero-order chi connectivity index (χ0) is 23.3. The molecule has 8 heteroatoms. The Morgan fingerprint density at radius 1 is 1.09 bits per heavy atom. The molecular formula is C24H36N4O4. The number of rotatable bonds is 5. The van der Waals surface area contributed by atoms with Crippen molar-refractivity contribution in [3.05, 3.63) is 35.9 Å².